The number of aromatic amines is 2. The molecule has 0 aliphatic heterocycles. The van der Waals surface area contributed by atoms with Crippen LogP contribution in [0.1, 0.15) is 49.9 Å². The van der Waals surface area contributed by atoms with E-state index in [1.54, 1.807) is 16.2 Å². The van der Waals surface area contributed by atoms with Gasteiger partial charge in [0, 0.05) is 27.1 Å². The third-order valence-electron chi connectivity index (χ3n) is 8.74. The molecule has 1 atom stereocenters. The second-order valence-electron chi connectivity index (χ2n) is 12.3. The van der Waals surface area contributed by atoms with Gasteiger partial charge in [0.05, 0.1) is 36.0 Å². The van der Waals surface area contributed by atoms with Crippen LogP contribution in [0.25, 0.3) is 53.6 Å². The van der Waals surface area contributed by atoms with Crippen LogP contribution in [0.5, 0.6) is 0 Å². The van der Waals surface area contributed by atoms with E-state index in [0.29, 0.717) is 25.3 Å². The van der Waals surface area contributed by atoms with Crippen molar-refractivity contribution < 1.29 is 9.59 Å². The van der Waals surface area contributed by atoms with Crippen LogP contribution in [0, 0.1) is 0 Å². The molecule has 9 nitrogen and oxygen atoms in total. The van der Waals surface area contributed by atoms with E-state index >= 15 is 0 Å². The molecule has 4 aromatic carbocycles. The highest BCUT2D eigenvalue weighted by atomic mass is 32.1. The number of nitrogens with one attached hydrogen (secondary N) is 4. The molecule has 0 bridgehead atoms. The summed E-state index contributed by atoms with van der Waals surface area (Å²) in [6, 6.07) is 28.1. The lowest BCUT2D eigenvalue weighted by Crippen LogP contribution is -2.40. The van der Waals surface area contributed by atoms with Crippen molar-refractivity contribution in [2.24, 2.45) is 0 Å². The molecule has 4 N–H and O–H groups in total. The Balaban J connectivity index is 1.13. The van der Waals surface area contributed by atoms with Crippen LogP contribution in [0.15, 0.2) is 91.1 Å². The molecular formula is C39H39N7O2S. The zero-order valence-electron chi connectivity index (χ0n) is 27.6. The van der Waals surface area contributed by atoms with Gasteiger partial charge in [0.25, 0.3) is 0 Å². The number of hydrogen-bond acceptors (Lipinski definition) is 6. The van der Waals surface area contributed by atoms with E-state index in [1.807, 2.05) is 43.5 Å². The van der Waals surface area contributed by atoms with E-state index in [2.05, 4.69) is 87.1 Å². The highest BCUT2D eigenvalue weighted by molar-refractivity contribution is 7.22. The lowest BCUT2D eigenvalue weighted by Gasteiger charge is -2.26. The summed E-state index contributed by atoms with van der Waals surface area (Å²) in [6.07, 6.45) is 4.37. The Labute approximate surface area is 288 Å². The SMILES string of the molecule is CCCNCc1ncc(-c2ccc3cc(-c4ccc5c(ccc6[nH]c(CN(CCC)C(=O)C(NC=O)c7ccccc7)nc65)c4)sc3c2)[nH]1. The van der Waals surface area contributed by atoms with E-state index in [1.165, 1.54) is 15.0 Å². The summed E-state index contributed by atoms with van der Waals surface area (Å²) in [5.41, 5.74) is 5.84. The van der Waals surface area contributed by atoms with Crippen LogP contribution >= 0.6 is 11.3 Å². The molecule has 7 aromatic rings. The fraction of sp³-hybridized carbons (Fsp3) is 0.231. The van der Waals surface area contributed by atoms with Crippen molar-refractivity contribution in [2.75, 3.05) is 13.1 Å². The zero-order chi connectivity index (χ0) is 33.7. The fourth-order valence-corrected chi connectivity index (χ4v) is 7.43. The molecule has 0 spiro atoms. The van der Waals surface area contributed by atoms with Gasteiger partial charge in [0.2, 0.25) is 12.3 Å². The monoisotopic (exact) mass is 669 g/mol. The molecule has 0 fully saturated rings. The van der Waals surface area contributed by atoms with Gasteiger partial charge in [-0.3, -0.25) is 9.59 Å². The Hall–Kier alpha value is -5.32. The molecule has 0 radical (unpaired) electrons. The van der Waals surface area contributed by atoms with Gasteiger partial charge in [0.1, 0.15) is 17.7 Å². The Morgan fingerprint density at radius 1 is 0.918 bits per heavy atom. The molecule has 2 amide bonds. The summed E-state index contributed by atoms with van der Waals surface area (Å²) < 4.78 is 1.23. The van der Waals surface area contributed by atoms with Gasteiger partial charge < -0.3 is 25.5 Å². The predicted octanol–water partition coefficient (Wildman–Crippen LogP) is 7.71. The van der Waals surface area contributed by atoms with Crippen molar-refractivity contribution in [3.63, 3.8) is 0 Å². The molecule has 1 unspecified atom stereocenters. The molecule has 0 aliphatic carbocycles. The third kappa shape index (κ3) is 6.83. The summed E-state index contributed by atoms with van der Waals surface area (Å²) in [6.45, 7) is 6.75. The van der Waals surface area contributed by atoms with Crippen LogP contribution in [-0.2, 0) is 22.7 Å². The molecule has 3 aromatic heterocycles. The van der Waals surface area contributed by atoms with E-state index in [9.17, 15) is 9.59 Å². The average molecular weight is 670 g/mol. The van der Waals surface area contributed by atoms with E-state index in [0.717, 1.165) is 75.9 Å². The zero-order valence-corrected chi connectivity index (χ0v) is 28.4. The van der Waals surface area contributed by atoms with Gasteiger partial charge in [-0.2, -0.15) is 0 Å². The third-order valence-corrected chi connectivity index (χ3v) is 9.89. The van der Waals surface area contributed by atoms with Crippen molar-refractivity contribution in [3.8, 4) is 21.7 Å². The summed E-state index contributed by atoms with van der Waals surface area (Å²) in [5, 5.41) is 9.47. The topological polar surface area (TPSA) is 119 Å². The van der Waals surface area contributed by atoms with Crippen molar-refractivity contribution in [1.82, 2.24) is 35.5 Å². The Bertz CT molecular complexity index is 2240. The Morgan fingerprint density at radius 2 is 1.76 bits per heavy atom. The summed E-state index contributed by atoms with van der Waals surface area (Å²) in [7, 11) is 0. The second-order valence-corrected chi connectivity index (χ2v) is 13.3. The van der Waals surface area contributed by atoms with Crippen molar-refractivity contribution >= 4 is 55.5 Å². The molecule has 0 saturated carbocycles. The smallest absolute Gasteiger partial charge is 0.250 e. The van der Waals surface area contributed by atoms with Crippen LogP contribution in [-0.4, -0.2) is 50.2 Å². The van der Waals surface area contributed by atoms with Crippen LogP contribution in [0.4, 0.5) is 0 Å². The first-order chi connectivity index (χ1) is 24.0. The second kappa shape index (κ2) is 14.4. The summed E-state index contributed by atoms with van der Waals surface area (Å²) in [4.78, 5) is 44.5. The molecule has 248 valence electrons. The molecule has 0 aliphatic rings. The average Bonchev–Trinajstić information content (AvgIpc) is 3.88. The number of hydrogen-bond donors (Lipinski definition) is 4. The highest BCUT2D eigenvalue weighted by Gasteiger charge is 2.26. The predicted molar refractivity (Wildman–Crippen MR) is 198 cm³/mol. The number of benzene rings is 4. The largest absolute Gasteiger partial charge is 0.343 e. The number of imidazole rings is 2. The first-order valence-electron chi connectivity index (χ1n) is 16.8. The normalized spacial score (nSPS) is 12.1. The maximum Gasteiger partial charge on any atom is 0.250 e. The number of rotatable bonds is 14. The van der Waals surface area contributed by atoms with Crippen LogP contribution in [0.3, 0.4) is 0 Å². The highest BCUT2D eigenvalue weighted by Crippen LogP contribution is 2.37. The van der Waals surface area contributed by atoms with Gasteiger partial charge in [0.15, 0.2) is 0 Å². The number of nitrogens with zero attached hydrogens (tertiary/aromatic N) is 3. The van der Waals surface area contributed by atoms with Gasteiger partial charge in [-0.1, -0.05) is 74.5 Å². The van der Waals surface area contributed by atoms with Crippen molar-refractivity contribution in [1.29, 1.82) is 0 Å². The van der Waals surface area contributed by atoms with Crippen LogP contribution < -0.4 is 10.6 Å². The minimum Gasteiger partial charge on any atom is -0.343 e. The summed E-state index contributed by atoms with van der Waals surface area (Å²) in [5.74, 6) is 1.48. The minimum absolute atomic E-state index is 0.167. The number of H-pyrrole nitrogens is 2. The van der Waals surface area contributed by atoms with Gasteiger partial charge in [-0.25, -0.2) is 9.97 Å². The molecule has 49 heavy (non-hydrogen) atoms. The number of carbonyl (C=O) groups excluding carboxylic acids is 2. The van der Waals surface area contributed by atoms with Gasteiger partial charge >= 0.3 is 0 Å². The Morgan fingerprint density at radius 3 is 2.57 bits per heavy atom. The maximum atomic E-state index is 13.7. The van der Waals surface area contributed by atoms with E-state index < -0.39 is 6.04 Å². The number of carbonyl (C=O) groups is 2. The standard InChI is InChI=1S/C39H39N7O2S/c1-3-16-40-22-35-41-21-32(44-35)27-10-11-29-20-34(49-33(29)19-27)28-12-14-30-26(18-28)13-15-31-38(30)45-36(43-31)23-46(17-4-2)39(48)37(42-24-47)25-8-6-5-7-9-25/h5-15,18-21,24,37,40H,3-4,16-17,22-23H2,1-2H3,(H,41,44)(H,42,47)(H,43,45). The first-order valence-corrected chi connectivity index (χ1v) is 17.6. The number of fused-ring (bicyclic) bond motifs is 4. The quantitative estimate of drug-likeness (QED) is 0.0699. The van der Waals surface area contributed by atoms with Gasteiger partial charge in [-0.15, -0.1) is 11.3 Å². The van der Waals surface area contributed by atoms with Crippen molar-refractivity contribution in [2.45, 2.75) is 45.8 Å². The number of thiophene rings is 1. The molecular weight excluding hydrogens is 631 g/mol. The van der Waals surface area contributed by atoms with Gasteiger partial charge in [-0.05, 0) is 65.6 Å². The lowest BCUT2D eigenvalue weighted by atomic mass is 10.0. The number of aromatic nitrogens is 4. The van der Waals surface area contributed by atoms with E-state index in [4.69, 9.17) is 4.98 Å². The molecule has 3 heterocycles. The lowest BCUT2D eigenvalue weighted by molar-refractivity contribution is -0.135. The van der Waals surface area contributed by atoms with Crippen LogP contribution in [0.2, 0.25) is 0 Å². The first kappa shape index (κ1) is 32.2. The molecule has 0 saturated heterocycles. The fourth-order valence-electron chi connectivity index (χ4n) is 6.33. The summed E-state index contributed by atoms with van der Waals surface area (Å²) >= 11 is 1.78. The molecule has 7 rings (SSSR count). The van der Waals surface area contributed by atoms with Crippen molar-refractivity contribution in [3.05, 3.63) is 108 Å². The molecule has 10 heteroatoms. The maximum absolute atomic E-state index is 13.7. The van der Waals surface area contributed by atoms with E-state index in [-0.39, 0.29) is 5.91 Å². The Kier molecular flexibility index (Phi) is 9.49. The minimum atomic E-state index is -0.759. The number of amides is 2.